The van der Waals surface area contributed by atoms with Gasteiger partial charge in [0, 0.05) is 5.56 Å². The molecule has 0 heterocycles. The van der Waals surface area contributed by atoms with Crippen LogP contribution in [0.25, 0.3) is 22.3 Å². The van der Waals surface area contributed by atoms with Gasteiger partial charge in [-0.3, -0.25) is 0 Å². The van der Waals surface area contributed by atoms with Crippen LogP contribution < -0.4 is 0 Å². The number of benzene rings is 3. The van der Waals surface area contributed by atoms with Gasteiger partial charge in [-0.25, -0.2) is 8.78 Å². The van der Waals surface area contributed by atoms with Crippen molar-refractivity contribution in [3.63, 3.8) is 0 Å². The van der Waals surface area contributed by atoms with Gasteiger partial charge in [0.1, 0.15) is 11.6 Å². The van der Waals surface area contributed by atoms with Crippen molar-refractivity contribution in [2.75, 3.05) is 0 Å². The highest BCUT2D eigenvalue weighted by atomic mass is 19.4. The molecule has 5 heteroatoms. The molecule has 0 fully saturated rings. The molecule has 1 aliphatic rings. The maximum atomic E-state index is 15.3. The summed E-state index contributed by atoms with van der Waals surface area (Å²) in [6.07, 6.45) is -0.317. The third-order valence-corrected chi connectivity index (χ3v) is 5.75. The van der Waals surface area contributed by atoms with Crippen LogP contribution in [0.5, 0.6) is 0 Å². The van der Waals surface area contributed by atoms with Crippen molar-refractivity contribution in [3.8, 4) is 22.3 Å². The number of hydrogen-bond acceptors (Lipinski definition) is 0. The van der Waals surface area contributed by atoms with E-state index < -0.39 is 23.4 Å². The first-order valence-electron chi connectivity index (χ1n) is 10.1. The molecule has 0 aliphatic heterocycles. The van der Waals surface area contributed by atoms with Crippen LogP contribution in [0, 0.1) is 11.6 Å². The van der Waals surface area contributed by atoms with E-state index >= 15 is 4.39 Å². The second kappa shape index (κ2) is 7.86. The number of hydrogen-bond donors (Lipinski definition) is 0. The lowest BCUT2D eigenvalue weighted by Gasteiger charge is -2.22. The van der Waals surface area contributed by atoms with Crippen molar-refractivity contribution in [1.29, 1.82) is 0 Å². The molecular weight excluding hydrogens is 395 g/mol. The third-order valence-electron chi connectivity index (χ3n) is 5.75. The quantitative estimate of drug-likeness (QED) is 0.381. The van der Waals surface area contributed by atoms with E-state index in [-0.39, 0.29) is 11.1 Å². The van der Waals surface area contributed by atoms with Crippen LogP contribution in [0.2, 0.25) is 0 Å². The number of unbranched alkanes of at least 4 members (excludes halogenated alkanes) is 1. The molecule has 0 aromatic heterocycles. The van der Waals surface area contributed by atoms with Gasteiger partial charge < -0.3 is 0 Å². The highest BCUT2D eigenvalue weighted by molar-refractivity contribution is 5.78. The molecule has 1 aliphatic carbocycles. The van der Waals surface area contributed by atoms with E-state index in [1.165, 1.54) is 17.2 Å². The van der Waals surface area contributed by atoms with Gasteiger partial charge in [0.2, 0.25) is 0 Å². The van der Waals surface area contributed by atoms with Gasteiger partial charge in [0.15, 0.2) is 0 Å². The summed E-state index contributed by atoms with van der Waals surface area (Å²) in [5, 5.41) is 0. The number of rotatable bonds is 4. The largest absolute Gasteiger partial charge is 0.419 e. The van der Waals surface area contributed by atoms with Gasteiger partial charge in [0.05, 0.1) is 5.56 Å². The Hall–Kier alpha value is -2.69. The molecule has 30 heavy (non-hydrogen) atoms. The van der Waals surface area contributed by atoms with Crippen LogP contribution in [-0.2, 0) is 25.4 Å². The fraction of sp³-hybridized carbons (Fsp3) is 0.280. The fourth-order valence-electron chi connectivity index (χ4n) is 4.17. The predicted octanol–water partition coefficient (Wildman–Crippen LogP) is 7.76. The number of halogens is 5. The molecule has 0 saturated heterocycles. The number of aryl methyl sites for hydroxylation is 2. The Kier molecular flexibility index (Phi) is 5.39. The molecular formula is C25H21F5. The average molecular weight is 416 g/mol. The maximum Gasteiger partial charge on any atom is 0.419 e. The topological polar surface area (TPSA) is 0 Å². The predicted molar refractivity (Wildman–Crippen MR) is 108 cm³/mol. The Labute approximate surface area is 172 Å². The Balaban J connectivity index is 1.72. The van der Waals surface area contributed by atoms with E-state index in [1.54, 1.807) is 6.07 Å². The molecule has 0 amide bonds. The minimum atomic E-state index is -4.78. The molecule has 156 valence electrons. The fourth-order valence-corrected chi connectivity index (χ4v) is 4.17. The summed E-state index contributed by atoms with van der Waals surface area (Å²) in [4.78, 5) is 0. The molecule has 0 atom stereocenters. The SMILES string of the molecule is CCCCc1ccc2c(c1)CCc1c-2ccc(-c2ccc(C(F)(F)F)c(F)c2)c1F. The second-order valence-corrected chi connectivity index (χ2v) is 7.74. The van der Waals surface area contributed by atoms with Gasteiger partial charge in [-0.1, -0.05) is 49.7 Å². The Morgan fingerprint density at radius 3 is 2.27 bits per heavy atom. The van der Waals surface area contributed by atoms with Gasteiger partial charge in [-0.05, 0) is 71.2 Å². The molecule has 0 bridgehead atoms. The summed E-state index contributed by atoms with van der Waals surface area (Å²) in [5.41, 5.74) is 3.64. The zero-order valence-electron chi connectivity index (χ0n) is 16.5. The van der Waals surface area contributed by atoms with Gasteiger partial charge in [-0.2, -0.15) is 13.2 Å². The summed E-state index contributed by atoms with van der Waals surface area (Å²) < 4.78 is 67.7. The maximum absolute atomic E-state index is 15.3. The molecule has 0 radical (unpaired) electrons. The Bertz CT molecular complexity index is 1100. The van der Waals surface area contributed by atoms with Crippen molar-refractivity contribution in [2.45, 2.75) is 45.2 Å². The molecule has 0 N–H and O–H groups in total. The lowest BCUT2D eigenvalue weighted by molar-refractivity contribution is -0.139. The zero-order chi connectivity index (χ0) is 21.5. The van der Waals surface area contributed by atoms with E-state index in [4.69, 9.17) is 0 Å². The summed E-state index contributed by atoms with van der Waals surface area (Å²) >= 11 is 0. The average Bonchev–Trinajstić information content (AvgIpc) is 2.71. The van der Waals surface area contributed by atoms with Gasteiger partial charge in [0.25, 0.3) is 0 Å². The minimum absolute atomic E-state index is 0.0986. The first kappa shape index (κ1) is 20.6. The Morgan fingerprint density at radius 2 is 1.57 bits per heavy atom. The molecule has 0 spiro atoms. The van der Waals surface area contributed by atoms with Gasteiger partial charge in [-0.15, -0.1) is 0 Å². The number of alkyl halides is 3. The van der Waals surface area contributed by atoms with Crippen molar-refractivity contribution < 1.29 is 22.0 Å². The standard InChI is InChI=1S/C25H21F5/c1-2-3-4-15-5-8-18-16(13-15)6-9-21-20(18)11-10-19(24(21)27)17-7-12-22(23(26)14-17)25(28,29)30/h5,7-8,10-14H,2-4,6,9H2,1H3. The van der Waals surface area contributed by atoms with E-state index in [0.29, 0.717) is 24.5 Å². The molecule has 0 nitrogen and oxygen atoms in total. The summed E-state index contributed by atoms with van der Waals surface area (Å²) in [7, 11) is 0. The van der Waals surface area contributed by atoms with Crippen LogP contribution in [0.1, 0.15) is 42.0 Å². The lowest BCUT2D eigenvalue weighted by atomic mass is 9.82. The van der Waals surface area contributed by atoms with Crippen LogP contribution in [-0.4, -0.2) is 0 Å². The summed E-state index contributed by atoms with van der Waals surface area (Å²) in [6.45, 7) is 2.15. The van der Waals surface area contributed by atoms with E-state index in [2.05, 4.69) is 19.1 Å². The van der Waals surface area contributed by atoms with Crippen LogP contribution >= 0.6 is 0 Å². The van der Waals surface area contributed by atoms with Crippen molar-refractivity contribution in [1.82, 2.24) is 0 Å². The Morgan fingerprint density at radius 1 is 0.833 bits per heavy atom. The number of fused-ring (bicyclic) bond motifs is 3. The molecule has 3 aromatic carbocycles. The molecule has 3 aromatic rings. The summed E-state index contributed by atoms with van der Waals surface area (Å²) in [6, 6.07) is 12.1. The van der Waals surface area contributed by atoms with Gasteiger partial charge >= 0.3 is 6.18 Å². The molecule has 0 saturated carbocycles. The van der Waals surface area contributed by atoms with E-state index in [9.17, 15) is 17.6 Å². The first-order chi connectivity index (χ1) is 14.3. The van der Waals surface area contributed by atoms with E-state index in [1.807, 2.05) is 6.07 Å². The van der Waals surface area contributed by atoms with Crippen molar-refractivity contribution >= 4 is 0 Å². The van der Waals surface area contributed by atoms with Crippen molar-refractivity contribution in [2.24, 2.45) is 0 Å². The monoisotopic (exact) mass is 416 g/mol. The van der Waals surface area contributed by atoms with E-state index in [0.717, 1.165) is 42.5 Å². The van der Waals surface area contributed by atoms with Crippen molar-refractivity contribution in [3.05, 3.63) is 82.4 Å². The zero-order valence-corrected chi connectivity index (χ0v) is 16.5. The first-order valence-corrected chi connectivity index (χ1v) is 10.1. The smallest absolute Gasteiger partial charge is 0.206 e. The lowest BCUT2D eigenvalue weighted by Crippen LogP contribution is -2.09. The van der Waals surface area contributed by atoms with Crippen LogP contribution in [0.15, 0.2) is 48.5 Å². The molecule has 0 unspecified atom stereocenters. The molecule has 4 rings (SSSR count). The normalized spacial score (nSPS) is 13.1. The highest BCUT2D eigenvalue weighted by Gasteiger charge is 2.34. The van der Waals surface area contributed by atoms with Crippen LogP contribution in [0.4, 0.5) is 22.0 Å². The third kappa shape index (κ3) is 3.73. The highest BCUT2D eigenvalue weighted by Crippen LogP contribution is 2.40. The van der Waals surface area contributed by atoms with Crippen LogP contribution in [0.3, 0.4) is 0 Å². The summed E-state index contributed by atoms with van der Waals surface area (Å²) in [5.74, 6) is -1.89. The second-order valence-electron chi connectivity index (χ2n) is 7.74. The minimum Gasteiger partial charge on any atom is -0.206 e.